The Bertz CT molecular complexity index is 396. The number of aryl methyl sites for hydroxylation is 1. The summed E-state index contributed by atoms with van der Waals surface area (Å²) in [7, 11) is 0. The van der Waals surface area contributed by atoms with Gasteiger partial charge in [-0.05, 0) is 45.1 Å². The number of aromatic nitrogens is 1. The average Bonchev–Trinajstić information content (AvgIpc) is 2.87. The highest BCUT2D eigenvalue weighted by atomic mass is 32.1. The molecule has 0 saturated carbocycles. The van der Waals surface area contributed by atoms with Gasteiger partial charge in [0.1, 0.15) is 0 Å². The van der Waals surface area contributed by atoms with Gasteiger partial charge in [0.2, 0.25) is 0 Å². The van der Waals surface area contributed by atoms with Gasteiger partial charge < -0.3 is 10.2 Å². The summed E-state index contributed by atoms with van der Waals surface area (Å²) in [6.07, 6.45) is 7.20. The summed E-state index contributed by atoms with van der Waals surface area (Å²) in [5.74, 6) is 0. The zero-order valence-corrected chi connectivity index (χ0v) is 14.1. The Morgan fingerprint density at radius 3 is 2.60 bits per heavy atom. The minimum Gasteiger partial charge on any atom is -0.348 e. The number of hydrogen-bond acceptors (Lipinski definition) is 4. The van der Waals surface area contributed by atoms with Gasteiger partial charge in [0.25, 0.3) is 0 Å². The molecule has 1 aliphatic rings. The number of anilines is 1. The molecule has 114 valence electrons. The third kappa shape index (κ3) is 3.95. The van der Waals surface area contributed by atoms with Gasteiger partial charge in [0.15, 0.2) is 5.13 Å². The minimum absolute atomic E-state index is 0.668. The molecule has 0 bridgehead atoms. The molecule has 20 heavy (non-hydrogen) atoms. The number of nitrogens with one attached hydrogen (secondary N) is 1. The smallest absolute Gasteiger partial charge is 0.185 e. The van der Waals surface area contributed by atoms with Crippen LogP contribution >= 0.6 is 11.3 Å². The molecule has 1 aromatic heterocycles. The topological polar surface area (TPSA) is 28.2 Å². The molecule has 2 rings (SSSR count). The average molecular weight is 295 g/mol. The first kappa shape index (κ1) is 15.8. The van der Waals surface area contributed by atoms with Crippen LogP contribution < -0.4 is 10.2 Å². The molecule has 4 heteroatoms. The molecule has 1 atom stereocenters. The van der Waals surface area contributed by atoms with Crippen molar-refractivity contribution in [2.75, 3.05) is 24.5 Å². The van der Waals surface area contributed by atoms with E-state index in [0.29, 0.717) is 6.04 Å². The van der Waals surface area contributed by atoms with E-state index >= 15 is 0 Å². The molecule has 1 aromatic rings. The standard InChI is InChI=1S/C16H29N3S/c1-4-9-17-13-7-8-14-15(12-13)20-16(18-14)19(10-5-2)11-6-3/h13,17H,4-12H2,1-3H3/t13-/m0/s1. The fraction of sp³-hybridized carbons (Fsp3) is 0.812. The fourth-order valence-corrected chi connectivity index (χ4v) is 4.10. The van der Waals surface area contributed by atoms with E-state index in [9.17, 15) is 0 Å². The van der Waals surface area contributed by atoms with Crippen molar-refractivity contribution in [3.8, 4) is 0 Å². The highest BCUT2D eigenvalue weighted by Gasteiger charge is 2.23. The second-order valence-corrected chi connectivity index (χ2v) is 6.81. The van der Waals surface area contributed by atoms with E-state index in [1.54, 1.807) is 0 Å². The number of fused-ring (bicyclic) bond motifs is 1. The highest BCUT2D eigenvalue weighted by molar-refractivity contribution is 7.15. The number of hydrogen-bond donors (Lipinski definition) is 1. The van der Waals surface area contributed by atoms with Crippen LogP contribution in [-0.4, -0.2) is 30.7 Å². The predicted octanol–water partition coefficient (Wildman–Crippen LogP) is 3.63. The monoisotopic (exact) mass is 295 g/mol. The summed E-state index contributed by atoms with van der Waals surface area (Å²) in [4.78, 5) is 8.91. The molecule has 3 nitrogen and oxygen atoms in total. The fourth-order valence-electron chi connectivity index (χ4n) is 2.86. The molecular formula is C16H29N3S. The van der Waals surface area contributed by atoms with E-state index < -0.39 is 0 Å². The molecule has 0 radical (unpaired) electrons. The molecular weight excluding hydrogens is 266 g/mol. The third-order valence-corrected chi connectivity index (χ3v) is 5.05. The van der Waals surface area contributed by atoms with Crippen LogP contribution in [0.15, 0.2) is 0 Å². The summed E-state index contributed by atoms with van der Waals surface area (Å²) in [6.45, 7) is 10.2. The molecule has 0 spiro atoms. The van der Waals surface area contributed by atoms with E-state index in [2.05, 4.69) is 31.0 Å². The van der Waals surface area contributed by atoms with Gasteiger partial charge >= 0.3 is 0 Å². The van der Waals surface area contributed by atoms with Crippen LogP contribution in [0.25, 0.3) is 0 Å². The summed E-state index contributed by atoms with van der Waals surface area (Å²) in [5, 5.41) is 4.93. The summed E-state index contributed by atoms with van der Waals surface area (Å²) < 4.78 is 0. The van der Waals surface area contributed by atoms with E-state index in [1.165, 1.54) is 47.8 Å². The van der Waals surface area contributed by atoms with Crippen LogP contribution in [-0.2, 0) is 12.8 Å². The Kier molecular flexibility index (Phi) is 6.30. The molecule has 0 fully saturated rings. The van der Waals surface area contributed by atoms with Crippen molar-refractivity contribution < 1.29 is 0 Å². The Morgan fingerprint density at radius 2 is 1.95 bits per heavy atom. The lowest BCUT2D eigenvalue weighted by Crippen LogP contribution is -2.34. The number of rotatable bonds is 8. The van der Waals surface area contributed by atoms with Gasteiger partial charge in [-0.15, -0.1) is 11.3 Å². The van der Waals surface area contributed by atoms with Crippen LogP contribution in [0.5, 0.6) is 0 Å². The first-order valence-electron chi connectivity index (χ1n) is 8.25. The van der Waals surface area contributed by atoms with Crippen molar-refractivity contribution in [1.29, 1.82) is 0 Å². The summed E-state index contributed by atoms with van der Waals surface area (Å²) in [5.41, 5.74) is 1.37. The summed E-state index contributed by atoms with van der Waals surface area (Å²) in [6, 6.07) is 0.668. The van der Waals surface area contributed by atoms with Crippen molar-refractivity contribution in [1.82, 2.24) is 10.3 Å². The second kappa shape index (κ2) is 7.99. The molecule has 0 aliphatic heterocycles. The second-order valence-electron chi connectivity index (χ2n) is 5.75. The third-order valence-electron chi connectivity index (χ3n) is 3.87. The zero-order chi connectivity index (χ0) is 14.4. The largest absolute Gasteiger partial charge is 0.348 e. The first-order chi connectivity index (χ1) is 9.78. The van der Waals surface area contributed by atoms with Crippen molar-refractivity contribution in [2.24, 2.45) is 0 Å². The molecule has 0 saturated heterocycles. The highest BCUT2D eigenvalue weighted by Crippen LogP contribution is 2.32. The van der Waals surface area contributed by atoms with Gasteiger partial charge in [-0.3, -0.25) is 0 Å². The quantitative estimate of drug-likeness (QED) is 0.794. The molecule has 1 aliphatic carbocycles. The predicted molar refractivity (Wildman–Crippen MR) is 89.0 cm³/mol. The van der Waals surface area contributed by atoms with Crippen molar-refractivity contribution >= 4 is 16.5 Å². The van der Waals surface area contributed by atoms with Crippen molar-refractivity contribution in [3.05, 3.63) is 10.6 Å². The van der Waals surface area contributed by atoms with E-state index in [4.69, 9.17) is 4.98 Å². The maximum absolute atomic E-state index is 4.92. The minimum atomic E-state index is 0.668. The van der Waals surface area contributed by atoms with E-state index in [0.717, 1.165) is 26.1 Å². The Balaban J connectivity index is 2.03. The van der Waals surface area contributed by atoms with Gasteiger partial charge in [-0.25, -0.2) is 4.98 Å². The molecule has 0 amide bonds. The van der Waals surface area contributed by atoms with Crippen LogP contribution in [0.4, 0.5) is 5.13 Å². The normalized spacial score (nSPS) is 18.1. The molecule has 1 heterocycles. The van der Waals surface area contributed by atoms with Crippen LogP contribution in [0.3, 0.4) is 0 Å². The van der Waals surface area contributed by atoms with Crippen LogP contribution in [0.2, 0.25) is 0 Å². The first-order valence-corrected chi connectivity index (χ1v) is 9.07. The Morgan fingerprint density at radius 1 is 1.20 bits per heavy atom. The lowest BCUT2D eigenvalue weighted by Gasteiger charge is -2.21. The van der Waals surface area contributed by atoms with Gasteiger partial charge in [0, 0.05) is 24.0 Å². The molecule has 0 unspecified atom stereocenters. The summed E-state index contributed by atoms with van der Waals surface area (Å²) >= 11 is 1.94. The van der Waals surface area contributed by atoms with Gasteiger partial charge in [-0.2, -0.15) is 0 Å². The lowest BCUT2D eigenvalue weighted by atomic mass is 9.98. The zero-order valence-electron chi connectivity index (χ0n) is 13.2. The van der Waals surface area contributed by atoms with Crippen LogP contribution in [0.1, 0.15) is 57.0 Å². The Labute approximate surface area is 127 Å². The van der Waals surface area contributed by atoms with Crippen LogP contribution in [0, 0.1) is 0 Å². The molecule has 1 N–H and O–H groups in total. The Hall–Kier alpha value is -0.610. The van der Waals surface area contributed by atoms with Crippen molar-refractivity contribution in [3.63, 3.8) is 0 Å². The lowest BCUT2D eigenvalue weighted by molar-refractivity contribution is 0.459. The van der Waals surface area contributed by atoms with Gasteiger partial charge in [0.05, 0.1) is 5.69 Å². The SMILES string of the molecule is CCCN[C@H]1CCc2nc(N(CCC)CCC)sc2C1. The number of thiazole rings is 1. The number of nitrogens with zero attached hydrogens (tertiary/aromatic N) is 2. The van der Waals surface area contributed by atoms with E-state index in [1.807, 2.05) is 11.3 Å². The van der Waals surface area contributed by atoms with Crippen molar-refractivity contribution in [2.45, 2.75) is 65.3 Å². The van der Waals surface area contributed by atoms with E-state index in [-0.39, 0.29) is 0 Å². The van der Waals surface area contributed by atoms with Gasteiger partial charge in [-0.1, -0.05) is 20.8 Å². The maximum Gasteiger partial charge on any atom is 0.185 e. The maximum atomic E-state index is 4.92. The molecule has 0 aromatic carbocycles.